The van der Waals surface area contributed by atoms with Crippen LogP contribution in [0, 0.1) is 0 Å². The fraction of sp³-hybridized carbons (Fsp3) is 0.0800. The lowest BCUT2D eigenvalue weighted by Crippen LogP contribution is -2.10. The molecule has 0 aliphatic heterocycles. The average molecular weight is 459 g/mol. The van der Waals surface area contributed by atoms with E-state index >= 15 is 0 Å². The highest BCUT2D eigenvalue weighted by molar-refractivity contribution is 6.30. The Morgan fingerprint density at radius 1 is 0.970 bits per heavy atom. The normalized spacial score (nSPS) is 11.0. The van der Waals surface area contributed by atoms with E-state index in [0.717, 1.165) is 17.0 Å². The molecule has 0 saturated heterocycles. The zero-order chi connectivity index (χ0) is 22.8. The van der Waals surface area contributed by atoms with Crippen molar-refractivity contribution in [1.82, 2.24) is 15.0 Å². The monoisotopic (exact) mass is 458 g/mol. The third-order valence-corrected chi connectivity index (χ3v) is 5.23. The van der Waals surface area contributed by atoms with Gasteiger partial charge in [-0.15, -0.1) is 10.2 Å². The first-order chi connectivity index (χ1) is 16.1. The number of hydrogen-bond acceptors (Lipinski definition) is 5. The fourth-order valence-electron chi connectivity index (χ4n) is 3.37. The molecule has 3 aromatic carbocycles. The molecule has 0 aliphatic carbocycles. The molecule has 33 heavy (non-hydrogen) atoms. The number of rotatable bonds is 6. The molecule has 164 valence electrons. The summed E-state index contributed by atoms with van der Waals surface area (Å²) in [6.07, 6.45) is 0. The van der Waals surface area contributed by atoms with Crippen LogP contribution in [0.3, 0.4) is 0 Å². The molecule has 5 rings (SSSR count). The van der Waals surface area contributed by atoms with Crippen molar-refractivity contribution in [2.75, 3.05) is 11.9 Å². The van der Waals surface area contributed by atoms with Crippen molar-refractivity contribution in [2.45, 2.75) is 6.92 Å². The summed E-state index contributed by atoms with van der Waals surface area (Å²) in [5.41, 5.74) is 3.61. The van der Waals surface area contributed by atoms with Crippen LogP contribution < -0.4 is 10.1 Å². The molecule has 8 heteroatoms. The van der Waals surface area contributed by atoms with E-state index in [4.69, 9.17) is 20.8 Å². The highest BCUT2D eigenvalue weighted by Crippen LogP contribution is 2.25. The van der Waals surface area contributed by atoms with Crippen LogP contribution in [0.25, 0.3) is 28.0 Å². The lowest BCUT2D eigenvalue weighted by Gasteiger charge is -2.03. The molecule has 0 radical (unpaired) electrons. The quantitative estimate of drug-likeness (QED) is 0.338. The van der Waals surface area contributed by atoms with E-state index in [1.165, 1.54) is 0 Å². The number of furan rings is 1. The number of nitrogens with one attached hydrogen (secondary N) is 1. The number of ether oxygens (including phenoxy) is 1. The number of amides is 1. The van der Waals surface area contributed by atoms with E-state index in [2.05, 4.69) is 15.5 Å². The molecule has 0 spiro atoms. The van der Waals surface area contributed by atoms with E-state index in [9.17, 15) is 4.79 Å². The lowest BCUT2D eigenvalue weighted by molar-refractivity contribution is 0.0997. The molecule has 2 heterocycles. The molecular weight excluding hydrogens is 440 g/mol. The summed E-state index contributed by atoms with van der Waals surface area (Å²) in [4.78, 5) is 14.2. The second kappa shape index (κ2) is 8.80. The van der Waals surface area contributed by atoms with Crippen LogP contribution in [0.15, 0.2) is 83.3 Å². The summed E-state index contributed by atoms with van der Waals surface area (Å²) < 4.78 is 11.2. The molecule has 0 saturated carbocycles. The van der Waals surface area contributed by atoms with E-state index in [1.54, 1.807) is 41.2 Å². The lowest BCUT2D eigenvalue weighted by atomic mass is 10.2. The van der Waals surface area contributed by atoms with Crippen molar-refractivity contribution in [1.29, 1.82) is 0 Å². The number of fused-ring (bicyclic) bond motifs is 1. The minimum Gasteiger partial charge on any atom is -0.494 e. The number of hydrogen-bond donors (Lipinski definition) is 1. The van der Waals surface area contributed by atoms with Crippen LogP contribution in [-0.4, -0.2) is 27.5 Å². The molecule has 0 bridgehead atoms. The molecule has 0 aliphatic rings. The molecule has 7 nitrogen and oxygen atoms in total. The van der Waals surface area contributed by atoms with Crippen LogP contribution in [-0.2, 0) is 0 Å². The predicted octanol–water partition coefficient (Wildman–Crippen LogP) is 5.98. The van der Waals surface area contributed by atoms with Gasteiger partial charge in [-0.25, -0.2) is 0 Å². The Morgan fingerprint density at radius 2 is 1.73 bits per heavy atom. The van der Waals surface area contributed by atoms with Crippen LogP contribution in [0.5, 0.6) is 5.75 Å². The highest BCUT2D eigenvalue weighted by Gasteiger charge is 2.14. The third-order valence-electron chi connectivity index (χ3n) is 4.98. The zero-order valence-corrected chi connectivity index (χ0v) is 18.4. The van der Waals surface area contributed by atoms with Gasteiger partial charge < -0.3 is 14.5 Å². The van der Waals surface area contributed by atoms with E-state index in [1.807, 2.05) is 49.4 Å². The van der Waals surface area contributed by atoms with Gasteiger partial charge in [0.1, 0.15) is 22.5 Å². The van der Waals surface area contributed by atoms with Crippen LogP contribution in [0.4, 0.5) is 5.69 Å². The first-order valence-electron chi connectivity index (χ1n) is 10.4. The molecule has 5 aromatic rings. The Hall–Kier alpha value is -4.10. The summed E-state index contributed by atoms with van der Waals surface area (Å²) in [7, 11) is 0. The van der Waals surface area contributed by atoms with E-state index < -0.39 is 0 Å². The van der Waals surface area contributed by atoms with Gasteiger partial charge in [0.2, 0.25) is 0 Å². The SMILES string of the molecule is CCOc1ccc(-n2nc3ccc(NC(=O)c4ccc(-c5ccc(Cl)cc5)o4)cc3n2)cc1. The van der Waals surface area contributed by atoms with Gasteiger partial charge in [0.05, 0.1) is 12.3 Å². The molecule has 0 unspecified atom stereocenters. The molecular formula is C25H19ClN4O3. The van der Waals surface area contributed by atoms with Crippen molar-refractivity contribution in [2.24, 2.45) is 0 Å². The first kappa shape index (κ1) is 20.8. The van der Waals surface area contributed by atoms with Gasteiger partial charge in [-0.1, -0.05) is 11.6 Å². The van der Waals surface area contributed by atoms with Gasteiger partial charge >= 0.3 is 0 Å². The van der Waals surface area contributed by atoms with Crippen LogP contribution in [0.1, 0.15) is 17.5 Å². The van der Waals surface area contributed by atoms with Crippen molar-refractivity contribution < 1.29 is 13.9 Å². The van der Waals surface area contributed by atoms with Crippen LogP contribution >= 0.6 is 11.6 Å². The highest BCUT2D eigenvalue weighted by atomic mass is 35.5. The summed E-state index contributed by atoms with van der Waals surface area (Å²) in [6.45, 7) is 2.55. The standard InChI is InChI=1S/C25H19ClN4O3/c1-2-32-20-10-8-19(9-11-20)30-28-21-12-7-18(15-22(21)29-30)27-25(31)24-14-13-23(33-24)16-3-5-17(26)6-4-16/h3-15H,2H2,1H3,(H,27,31). The molecule has 0 atom stereocenters. The smallest absolute Gasteiger partial charge is 0.291 e. The maximum atomic E-state index is 12.7. The Morgan fingerprint density at radius 3 is 2.48 bits per heavy atom. The number of aromatic nitrogens is 3. The average Bonchev–Trinajstić information content (AvgIpc) is 3.48. The van der Waals surface area contributed by atoms with E-state index in [-0.39, 0.29) is 11.7 Å². The minimum absolute atomic E-state index is 0.207. The van der Waals surface area contributed by atoms with Crippen molar-refractivity contribution in [3.05, 3.63) is 89.6 Å². The van der Waals surface area contributed by atoms with Gasteiger partial charge in [-0.3, -0.25) is 4.79 Å². The van der Waals surface area contributed by atoms with E-state index in [0.29, 0.717) is 34.1 Å². The number of anilines is 1. The van der Waals surface area contributed by atoms with Gasteiger partial charge in [0.25, 0.3) is 5.91 Å². The Bertz CT molecular complexity index is 1420. The minimum atomic E-state index is -0.353. The number of carbonyl (C=O) groups excluding carboxylic acids is 1. The topological polar surface area (TPSA) is 82.2 Å². The molecule has 1 amide bonds. The third kappa shape index (κ3) is 4.44. The second-order valence-electron chi connectivity index (χ2n) is 7.24. The number of halogens is 1. The van der Waals surface area contributed by atoms with Crippen molar-refractivity contribution in [3.63, 3.8) is 0 Å². The second-order valence-corrected chi connectivity index (χ2v) is 7.68. The predicted molar refractivity (Wildman–Crippen MR) is 127 cm³/mol. The van der Waals surface area contributed by atoms with Crippen molar-refractivity contribution >= 4 is 34.2 Å². The Kier molecular flexibility index (Phi) is 5.54. The maximum Gasteiger partial charge on any atom is 0.291 e. The van der Waals surface area contributed by atoms with Gasteiger partial charge in [0.15, 0.2) is 5.76 Å². The molecule has 0 fully saturated rings. The number of nitrogens with zero attached hydrogens (tertiary/aromatic N) is 3. The summed E-state index contributed by atoms with van der Waals surface area (Å²) in [6, 6.07) is 23.5. The Labute approximate surface area is 194 Å². The fourth-order valence-corrected chi connectivity index (χ4v) is 3.50. The summed E-state index contributed by atoms with van der Waals surface area (Å²) in [5, 5.41) is 12.5. The first-order valence-corrected chi connectivity index (χ1v) is 10.7. The molecule has 1 N–H and O–H groups in total. The van der Waals surface area contributed by atoms with Gasteiger partial charge in [-0.05, 0) is 85.8 Å². The zero-order valence-electron chi connectivity index (χ0n) is 17.7. The number of benzene rings is 3. The summed E-state index contributed by atoms with van der Waals surface area (Å²) >= 11 is 5.93. The maximum absolute atomic E-state index is 12.7. The molecule has 2 aromatic heterocycles. The van der Waals surface area contributed by atoms with Gasteiger partial charge in [-0.2, -0.15) is 4.80 Å². The summed E-state index contributed by atoms with van der Waals surface area (Å²) in [5.74, 6) is 1.23. The van der Waals surface area contributed by atoms with Crippen molar-refractivity contribution in [3.8, 4) is 22.8 Å². The van der Waals surface area contributed by atoms with Crippen LogP contribution in [0.2, 0.25) is 5.02 Å². The largest absolute Gasteiger partial charge is 0.494 e. The van der Waals surface area contributed by atoms with Gasteiger partial charge in [0, 0.05) is 16.3 Å². The Balaban J connectivity index is 1.33. The number of carbonyl (C=O) groups is 1.